The molecular formula is C24H19ClN4O2. The molecule has 3 heterocycles. The fourth-order valence-electron chi connectivity index (χ4n) is 4.62. The highest BCUT2D eigenvalue weighted by Crippen LogP contribution is 2.54. The molecule has 1 N–H and O–H groups in total. The molecule has 1 aromatic heterocycles. The van der Waals surface area contributed by atoms with Gasteiger partial charge in [0.2, 0.25) is 11.8 Å². The molecule has 0 bridgehead atoms. The molecule has 7 heteroatoms. The van der Waals surface area contributed by atoms with E-state index in [-0.39, 0.29) is 24.8 Å². The minimum absolute atomic E-state index is 0.0603. The van der Waals surface area contributed by atoms with Gasteiger partial charge in [0.05, 0.1) is 24.1 Å². The van der Waals surface area contributed by atoms with Crippen molar-refractivity contribution in [2.75, 3.05) is 16.8 Å². The van der Waals surface area contributed by atoms with Gasteiger partial charge < -0.3 is 5.32 Å². The highest BCUT2D eigenvalue weighted by Gasteiger charge is 2.58. The Morgan fingerprint density at radius 3 is 2.77 bits per heavy atom. The summed E-state index contributed by atoms with van der Waals surface area (Å²) in [5.74, 6) is 2.48. The maximum atomic E-state index is 13.8. The minimum Gasteiger partial charge on any atom is -0.310 e. The predicted octanol–water partition coefficient (Wildman–Crippen LogP) is 3.75. The van der Waals surface area contributed by atoms with Gasteiger partial charge in [-0.1, -0.05) is 29.7 Å². The summed E-state index contributed by atoms with van der Waals surface area (Å²) >= 11 is 6.61. The highest BCUT2D eigenvalue weighted by molar-refractivity contribution is 6.34. The number of rotatable bonds is 2. The van der Waals surface area contributed by atoms with Crippen molar-refractivity contribution in [2.45, 2.75) is 25.7 Å². The Hall–Kier alpha value is -3.56. The average molecular weight is 431 g/mol. The summed E-state index contributed by atoms with van der Waals surface area (Å²) in [5, 5.41) is 7.89. The number of carbonyl (C=O) groups excluding carboxylic acids is 2. The smallest absolute Gasteiger partial charge is 0.243 e. The van der Waals surface area contributed by atoms with E-state index in [1.807, 2.05) is 38.1 Å². The Labute approximate surface area is 184 Å². The first kappa shape index (κ1) is 19.4. The SMILES string of the molecule is C#CCN1C(=O)C2(CC(=O)Nc3c2cnn3-c2ccc(C)c(C)c2)c2c(Cl)cccc21. The molecule has 2 amide bonds. The first-order valence-corrected chi connectivity index (χ1v) is 10.3. The lowest BCUT2D eigenvalue weighted by Gasteiger charge is -2.32. The van der Waals surface area contributed by atoms with Crippen molar-refractivity contribution in [3.05, 3.63) is 69.9 Å². The molecule has 2 aliphatic rings. The highest BCUT2D eigenvalue weighted by atomic mass is 35.5. The van der Waals surface area contributed by atoms with Gasteiger partial charge >= 0.3 is 0 Å². The summed E-state index contributed by atoms with van der Waals surface area (Å²) in [5.41, 5.74) is 3.64. The van der Waals surface area contributed by atoms with E-state index in [2.05, 4.69) is 16.3 Å². The Bertz CT molecular complexity index is 1320. The third-order valence-electron chi connectivity index (χ3n) is 6.22. The fourth-order valence-corrected chi connectivity index (χ4v) is 4.95. The maximum Gasteiger partial charge on any atom is 0.243 e. The van der Waals surface area contributed by atoms with E-state index in [1.165, 1.54) is 4.90 Å². The number of benzene rings is 2. The monoisotopic (exact) mass is 430 g/mol. The van der Waals surface area contributed by atoms with Crippen LogP contribution in [0.25, 0.3) is 5.69 Å². The van der Waals surface area contributed by atoms with Gasteiger partial charge in [-0.25, -0.2) is 4.68 Å². The number of anilines is 2. The van der Waals surface area contributed by atoms with Crippen LogP contribution in [0.5, 0.6) is 0 Å². The van der Waals surface area contributed by atoms with Crippen LogP contribution < -0.4 is 10.2 Å². The molecule has 1 atom stereocenters. The molecule has 0 saturated carbocycles. The standard InChI is InChI=1S/C24H19ClN4O2/c1-4-10-28-19-7-5-6-18(25)21(19)24(23(28)31)12-20(30)27-22-17(24)13-26-29(22)16-9-8-14(2)15(3)11-16/h1,5-9,11,13H,10,12H2,2-3H3,(H,27,30). The number of hydrogen-bond acceptors (Lipinski definition) is 3. The largest absolute Gasteiger partial charge is 0.310 e. The normalized spacial score (nSPS) is 19.2. The molecule has 0 saturated heterocycles. The number of aryl methyl sites for hydroxylation is 2. The third kappa shape index (κ3) is 2.57. The number of aromatic nitrogens is 2. The van der Waals surface area contributed by atoms with Crippen molar-refractivity contribution in [1.82, 2.24) is 9.78 Å². The number of amides is 2. The molecule has 5 rings (SSSR count). The zero-order valence-corrected chi connectivity index (χ0v) is 17.8. The maximum absolute atomic E-state index is 13.8. The second-order valence-corrected chi connectivity index (χ2v) is 8.35. The van der Waals surface area contributed by atoms with Crippen molar-refractivity contribution in [3.63, 3.8) is 0 Å². The summed E-state index contributed by atoms with van der Waals surface area (Å²) in [6, 6.07) is 11.3. The van der Waals surface area contributed by atoms with E-state index in [0.717, 1.165) is 16.8 Å². The van der Waals surface area contributed by atoms with Crippen LogP contribution >= 0.6 is 11.6 Å². The number of halogens is 1. The topological polar surface area (TPSA) is 67.2 Å². The molecular weight excluding hydrogens is 412 g/mol. The lowest BCUT2D eigenvalue weighted by Crippen LogP contribution is -2.46. The van der Waals surface area contributed by atoms with Gasteiger partial charge in [-0.05, 0) is 49.2 Å². The Balaban J connectivity index is 1.78. The van der Waals surface area contributed by atoms with Crippen LogP contribution in [0, 0.1) is 26.2 Å². The van der Waals surface area contributed by atoms with Crippen LogP contribution in [0.1, 0.15) is 28.7 Å². The molecule has 2 aromatic carbocycles. The molecule has 3 aromatic rings. The number of nitrogens with one attached hydrogen (secondary N) is 1. The second-order valence-electron chi connectivity index (χ2n) is 7.95. The van der Waals surface area contributed by atoms with Crippen LogP contribution in [0.4, 0.5) is 11.5 Å². The third-order valence-corrected chi connectivity index (χ3v) is 6.53. The molecule has 154 valence electrons. The predicted molar refractivity (Wildman–Crippen MR) is 120 cm³/mol. The zero-order valence-electron chi connectivity index (χ0n) is 17.1. The van der Waals surface area contributed by atoms with Crippen LogP contribution in [-0.4, -0.2) is 28.1 Å². The first-order chi connectivity index (χ1) is 14.9. The average Bonchev–Trinajstić information content (AvgIpc) is 3.25. The van der Waals surface area contributed by atoms with Gasteiger partial charge in [0.1, 0.15) is 11.2 Å². The van der Waals surface area contributed by atoms with Crippen LogP contribution in [-0.2, 0) is 15.0 Å². The van der Waals surface area contributed by atoms with Crippen LogP contribution in [0.3, 0.4) is 0 Å². The molecule has 2 aliphatic heterocycles. The second kappa shape index (κ2) is 6.73. The summed E-state index contributed by atoms with van der Waals surface area (Å²) in [4.78, 5) is 28.2. The van der Waals surface area contributed by atoms with E-state index < -0.39 is 5.41 Å². The number of terminal acetylenes is 1. The molecule has 6 nitrogen and oxygen atoms in total. The number of fused-ring (bicyclic) bond motifs is 4. The summed E-state index contributed by atoms with van der Waals surface area (Å²) < 4.78 is 1.66. The van der Waals surface area contributed by atoms with Crippen LogP contribution in [0.15, 0.2) is 42.6 Å². The Kier molecular flexibility index (Phi) is 4.21. The van der Waals surface area contributed by atoms with E-state index in [4.69, 9.17) is 18.0 Å². The Morgan fingerprint density at radius 2 is 2.03 bits per heavy atom. The summed E-state index contributed by atoms with van der Waals surface area (Å²) in [7, 11) is 0. The van der Waals surface area contributed by atoms with Crippen molar-refractivity contribution in [3.8, 4) is 18.0 Å². The zero-order chi connectivity index (χ0) is 21.9. The van der Waals surface area contributed by atoms with Gasteiger partial charge in [0.15, 0.2) is 0 Å². The van der Waals surface area contributed by atoms with Crippen molar-refractivity contribution < 1.29 is 9.59 Å². The van der Waals surface area contributed by atoms with Crippen LogP contribution in [0.2, 0.25) is 5.02 Å². The summed E-state index contributed by atoms with van der Waals surface area (Å²) in [6.07, 6.45) is 7.13. The lowest BCUT2D eigenvalue weighted by molar-refractivity contribution is -0.126. The quantitative estimate of drug-likeness (QED) is 0.629. The van der Waals surface area contributed by atoms with Gasteiger partial charge in [-0.2, -0.15) is 5.10 Å². The summed E-state index contributed by atoms with van der Waals surface area (Å²) in [6.45, 7) is 4.14. The van der Waals surface area contributed by atoms with Gasteiger partial charge in [-0.3, -0.25) is 14.5 Å². The molecule has 0 fully saturated rings. The van der Waals surface area contributed by atoms with Gasteiger partial charge in [0, 0.05) is 22.6 Å². The van der Waals surface area contributed by atoms with E-state index in [1.54, 1.807) is 23.0 Å². The van der Waals surface area contributed by atoms with E-state index in [0.29, 0.717) is 27.7 Å². The molecule has 31 heavy (non-hydrogen) atoms. The molecule has 0 aliphatic carbocycles. The Morgan fingerprint density at radius 1 is 1.23 bits per heavy atom. The van der Waals surface area contributed by atoms with E-state index >= 15 is 0 Å². The first-order valence-electron chi connectivity index (χ1n) is 9.89. The lowest BCUT2D eigenvalue weighted by atomic mass is 9.71. The van der Waals surface area contributed by atoms with Crippen molar-refractivity contribution in [2.24, 2.45) is 0 Å². The van der Waals surface area contributed by atoms with Gasteiger partial charge in [0.25, 0.3) is 0 Å². The van der Waals surface area contributed by atoms with Gasteiger partial charge in [-0.15, -0.1) is 6.42 Å². The van der Waals surface area contributed by atoms with Crippen molar-refractivity contribution in [1.29, 1.82) is 0 Å². The van der Waals surface area contributed by atoms with Crippen molar-refractivity contribution >= 4 is 34.9 Å². The fraction of sp³-hybridized carbons (Fsp3) is 0.208. The number of hydrogen-bond donors (Lipinski definition) is 1. The molecule has 0 radical (unpaired) electrons. The van der Waals surface area contributed by atoms with E-state index in [9.17, 15) is 9.59 Å². The number of carbonyl (C=O) groups is 2. The minimum atomic E-state index is -1.26. The molecule has 1 spiro atoms. The molecule has 1 unspecified atom stereocenters. The number of nitrogens with zero attached hydrogens (tertiary/aromatic N) is 3.